The summed E-state index contributed by atoms with van der Waals surface area (Å²) in [6, 6.07) is 30.0. The summed E-state index contributed by atoms with van der Waals surface area (Å²) in [4.78, 5) is 0. The predicted molar refractivity (Wildman–Crippen MR) is 144 cm³/mol. The first-order valence-corrected chi connectivity index (χ1v) is 12.2. The van der Waals surface area contributed by atoms with Crippen LogP contribution in [0.15, 0.2) is 97.3 Å². The summed E-state index contributed by atoms with van der Waals surface area (Å²) in [6.45, 7) is 0. The quantitative estimate of drug-likeness (QED) is 0.270. The van der Waals surface area contributed by atoms with Crippen LogP contribution in [0.1, 0.15) is 45.7 Å². The molecule has 5 aromatic rings. The Kier molecular flexibility index (Phi) is 6.47. The van der Waals surface area contributed by atoms with Crippen LogP contribution in [-0.2, 0) is 21.1 Å². The van der Waals surface area contributed by atoms with Crippen LogP contribution < -0.4 is 9.47 Å². The van der Waals surface area contributed by atoms with Gasteiger partial charge in [-0.1, -0.05) is 24.3 Å². The average Bonchev–Trinajstić information content (AvgIpc) is 3.62. The van der Waals surface area contributed by atoms with Gasteiger partial charge < -0.3 is 23.2 Å². The van der Waals surface area contributed by atoms with Gasteiger partial charge in [0.15, 0.2) is 0 Å². The number of nitrogens with zero attached hydrogens (tertiary/aromatic N) is 3. The van der Waals surface area contributed by atoms with Crippen molar-refractivity contribution in [1.29, 1.82) is 0 Å². The molecule has 0 saturated carbocycles. The van der Waals surface area contributed by atoms with Gasteiger partial charge in [-0.3, -0.25) is 0 Å². The predicted octanol–water partition coefficient (Wildman–Crippen LogP) is 6.08. The van der Waals surface area contributed by atoms with Gasteiger partial charge in [0.25, 0.3) is 0 Å². The van der Waals surface area contributed by atoms with Gasteiger partial charge in [-0.2, -0.15) is 0 Å². The third-order valence-corrected chi connectivity index (χ3v) is 7.25. The normalized spacial score (nSPS) is 12.9. The van der Waals surface area contributed by atoms with Crippen LogP contribution in [0, 0.1) is 0 Å². The van der Waals surface area contributed by atoms with Crippen LogP contribution in [0.4, 0.5) is 0 Å². The largest absolute Gasteiger partial charge is 0.497 e. The zero-order chi connectivity index (χ0) is 25.2. The second kappa shape index (κ2) is 9.86. The molecular weight excluding hydrogens is 446 g/mol. The molecule has 2 unspecified atom stereocenters. The second-order valence-corrected chi connectivity index (χ2v) is 9.24. The Morgan fingerprint density at radius 2 is 0.889 bits per heavy atom. The van der Waals surface area contributed by atoms with E-state index in [-0.39, 0.29) is 11.8 Å². The third-order valence-electron chi connectivity index (χ3n) is 7.25. The van der Waals surface area contributed by atoms with E-state index in [9.17, 15) is 0 Å². The first-order valence-electron chi connectivity index (χ1n) is 12.2. The van der Waals surface area contributed by atoms with Gasteiger partial charge in [0.1, 0.15) is 11.5 Å². The number of benzene rings is 2. The summed E-state index contributed by atoms with van der Waals surface area (Å²) >= 11 is 0. The number of aromatic nitrogens is 3. The van der Waals surface area contributed by atoms with Crippen LogP contribution in [0.25, 0.3) is 0 Å². The Bertz CT molecular complexity index is 1330. The first kappa shape index (κ1) is 23.6. The van der Waals surface area contributed by atoms with Crippen molar-refractivity contribution < 1.29 is 9.47 Å². The monoisotopic (exact) mass is 479 g/mol. The first-order chi connectivity index (χ1) is 17.5. The number of aryl methyl sites for hydroxylation is 2. The second-order valence-electron chi connectivity index (χ2n) is 9.24. The highest BCUT2D eigenvalue weighted by molar-refractivity contribution is 5.46. The van der Waals surface area contributed by atoms with Crippen molar-refractivity contribution in [2.24, 2.45) is 21.1 Å². The average molecular weight is 480 g/mol. The molecule has 2 atom stereocenters. The molecule has 36 heavy (non-hydrogen) atoms. The summed E-state index contributed by atoms with van der Waals surface area (Å²) in [7, 11) is 9.81. The van der Waals surface area contributed by atoms with Crippen molar-refractivity contribution in [3.05, 3.63) is 131 Å². The minimum Gasteiger partial charge on any atom is -0.497 e. The molecule has 2 aromatic carbocycles. The SMILES string of the molecule is COc1ccc(C(c2cccn2C)c2ccc(C(c3ccc(OC)cc3)c3cccn3C)n2C)cc1. The Morgan fingerprint density at radius 1 is 0.500 bits per heavy atom. The third kappa shape index (κ3) is 4.22. The lowest BCUT2D eigenvalue weighted by Crippen LogP contribution is -2.16. The Morgan fingerprint density at radius 3 is 1.19 bits per heavy atom. The maximum absolute atomic E-state index is 5.42. The molecule has 5 nitrogen and oxygen atoms in total. The van der Waals surface area contributed by atoms with E-state index in [4.69, 9.17) is 9.47 Å². The molecule has 3 heterocycles. The molecule has 0 radical (unpaired) electrons. The van der Waals surface area contributed by atoms with Crippen molar-refractivity contribution in [3.63, 3.8) is 0 Å². The zero-order valence-electron chi connectivity index (χ0n) is 21.6. The van der Waals surface area contributed by atoms with E-state index in [1.807, 2.05) is 24.3 Å². The molecule has 5 rings (SSSR count). The summed E-state index contributed by atoms with van der Waals surface area (Å²) in [5.41, 5.74) is 7.42. The maximum atomic E-state index is 5.42. The minimum atomic E-state index is 0.0829. The van der Waals surface area contributed by atoms with Gasteiger partial charge in [-0.05, 0) is 71.8 Å². The molecular formula is C31H33N3O2. The van der Waals surface area contributed by atoms with E-state index in [1.165, 1.54) is 33.9 Å². The highest BCUT2D eigenvalue weighted by atomic mass is 16.5. The van der Waals surface area contributed by atoms with Gasteiger partial charge in [-0.15, -0.1) is 0 Å². The summed E-state index contributed by atoms with van der Waals surface area (Å²) in [5.74, 6) is 1.89. The van der Waals surface area contributed by atoms with Crippen LogP contribution >= 0.6 is 0 Å². The molecule has 0 amide bonds. The number of methoxy groups -OCH3 is 2. The van der Waals surface area contributed by atoms with Crippen molar-refractivity contribution >= 4 is 0 Å². The lowest BCUT2D eigenvalue weighted by molar-refractivity contribution is 0.414. The van der Waals surface area contributed by atoms with Gasteiger partial charge in [0.2, 0.25) is 0 Å². The molecule has 0 saturated heterocycles. The molecule has 0 aliphatic heterocycles. The highest BCUT2D eigenvalue weighted by Crippen LogP contribution is 2.38. The van der Waals surface area contributed by atoms with Gasteiger partial charge in [-0.25, -0.2) is 0 Å². The van der Waals surface area contributed by atoms with Gasteiger partial charge in [0, 0.05) is 56.3 Å². The number of hydrogen-bond acceptors (Lipinski definition) is 2. The Hall–Kier alpha value is -4.12. The van der Waals surface area contributed by atoms with Gasteiger partial charge >= 0.3 is 0 Å². The van der Waals surface area contributed by atoms with Crippen LogP contribution in [0.2, 0.25) is 0 Å². The van der Waals surface area contributed by atoms with E-state index < -0.39 is 0 Å². The van der Waals surface area contributed by atoms with Crippen molar-refractivity contribution in [2.75, 3.05) is 14.2 Å². The molecule has 3 aromatic heterocycles. The molecule has 0 N–H and O–H groups in total. The number of rotatable bonds is 8. The van der Waals surface area contributed by atoms with Crippen LogP contribution in [0.5, 0.6) is 11.5 Å². The lowest BCUT2D eigenvalue weighted by Gasteiger charge is -2.24. The fraction of sp³-hybridized carbons (Fsp3) is 0.226. The maximum Gasteiger partial charge on any atom is 0.118 e. The number of ether oxygens (including phenoxy) is 2. The number of hydrogen-bond donors (Lipinski definition) is 0. The fourth-order valence-corrected chi connectivity index (χ4v) is 5.25. The minimum absolute atomic E-state index is 0.0829. The van der Waals surface area contributed by atoms with Gasteiger partial charge in [0.05, 0.1) is 26.1 Å². The van der Waals surface area contributed by atoms with E-state index in [1.54, 1.807) is 14.2 Å². The Labute approximate surface area is 213 Å². The fourth-order valence-electron chi connectivity index (χ4n) is 5.25. The standard InChI is InChI=1S/C31H33N3O2/c1-32-20-6-8-26(32)30(22-10-14-24(35-4)15-11-22)28-18-19-29(34(28)3)31(27-9-7-21-33(27)2)23-12-16-25(36-5)17-13-23/h6-21,30-31H,1-5H3. The molecule has 0 aliphatic carbocycles. The summed E-state index contributed by atoms with van der Waals surface area (Å²) in [5, 5.41) is 0. The van der Waals surface area contributed by atoms with E-state index in [0.29, 0.717) is 0 Å². The summed E-state index contributed by atoms with van der Waals surface area (Å²) in [6.07, 6.45) is 4.22. The lowest BCUT2D eigenvalue weighted by atomic mass is 9.91. The molecule has 0 aliphatic rings. The highest BCUT2D eigenvalue weighted by Gasteiger charge is 2.27. The molecule has 0 spiro atoms. The van der Waals surface area contributed by atoms with Crippen molar-refractivity contribution in [3.8, 4) is 11.5 Å². The molecule has 184 valence electrons. The van der Waals surface area contributed by atoms with Crippen LogP contribution in [-0.4, -0.2) is 27.9 Å². The molecule has 0 fully saturated rings. The smallest absolute Gasteiger partial charge is 0.118 e. The topological polar surface area (TPSA) is 33.2 Å². The summed E-state index contributed by atoms with van der Waals surface area (Å²) < 4.78 is 17.6. The van der Waals surface area contributed by atoms with Crippen molar-refractivity contribution in [1.82, 2.24) is 13.7 Å². The van der Waals surface area contributed by atoms with E-state index in [0.717, 1.165) is 11.5 Å². The van der Waals surface area contributed by atoms with E-state index >= 15 is 0 Å². The molecule has 5 heteroatoms. The zero-order valence-corrected chi connectivity index (χ0v) is 21.6. The van der Waals surface area contributed by atoms with E-state index in [2.05, 4.69) is 108 Å². The molecule has 0 bridgehead atoms. The van der Waals surface area contributed by atoms with Crippen LogP contribution in [0.3, 0.4) is 0 Å². The van der Waals surface area contributed by atoms with Crippen molar-refractivity contribution in [2.45, 2.75) is 11.8 Å². The Balaban J connectivity index is 1.65.